The van der Waals surface area contributed by atoms with E-state index in [1.165, 1.54) is 0 Å². The second-order valence-corrected chi connectivity index (χ2v) is 9.93. The topological polar surface area (TPSA) is 88.6 Å². The molecule has 0 saturated carbocycles. The summed E-state index contributed by atoms with van der Waals surface area (Å²) in [6, 6.07) is 22.6. The van der Waals surface area contributed by atoms with E-state index in [1.54, 1.807) is 31.3 Å². The van der Waals surface area contributed by atoms with Crippen molar-refractivity contribution in [2.45, 2.75) is 19.5 Å². The molecule has 1 heterocycles. The first kappa shape index (κ1) is 29.6. The quantitative estimate of drug-likeness (QED) is 0.310. The van der Waals surface area contributed by atoms with E-state index >= 15 is 0 Å². The first-order chi connectivity index (χ1) is 20.0. The molecule has 9 heteroatoms. The van der Waals surface area contributed by atoms with Gasteiger partial charge in [0, 0.05) is 51.3 Å². The van der Waals surface area contributed by atoms with Crippen LogP contribution in [0.1, 0.15) is 27.0 Å². The molecule has 0 N–H and O–H groups in total. The molecule has 4 rings (SSSR count). The Morgan fingerprint density at radius 3 is 1.78 bits per heavy atom. The van der Waals surface area contributed by atoms with Crippen molar-refractivity contribution in [1.29, 1.82) is 0 Å². The van der Waals surface area contributed by atoms with E-state index in [0.717, 1.165) is 34.5 Å². The number of carbonyl (C=O) groups is 3. The molecule has 1 aliphatic heterocycles. The van der Waals surface area contributed by atoms with Crippen molar-refractivity contribution in [3.8, 4) is 11.5 Å². The van der Waals surface area contributed by atoms with E-state index in [0.29, 0.717) is 57.9 Å². The SMILES string of the molecule is COc1ccc(CCOC(=O)N2CCN(CC(=O)N(Cc3ccc(C=O)cc3)Cc3ccc(OC)cc3)CC2)cc1. The smallest absolute Gasteiger partial charge is 0.409 e. The van der Waals surface area contributed by atoms with Gasteiger partial charge in [0.15, 0.2) is 0 Å². The van der Waals surface area contributed by atoms with Gasteiger partial charge in [-0.25, -0.2) is 4.79 Å². The molecule has 3 aromatic rings. The van der Waals surface area contributed by atoms with E-state index < -0.39 is 0 Å². The molecule has 1 fully saturated rings. The number of benzene rings is 3. The van der Waals surface area contributed by atoms with Crippen LogP contribution in [-0.4, -0.2) is 86.5 Å². The van der Waals surface area contributed by atoms with Gasteiger partial charge in [-0.15, -0.1) is 0 Å². The zero-order valence-corrected chi connectivity index (χ0v) is 23.7. The van der Waals surface area contributed by atoms with Gasteiger partial charge in [0.2, 0.25) is 5.91 Å². The molecule has 0 unspecified atom stereocenters. The molecule has 3 aromatic carbocycles. The van der Waals surface area contributed by atoms with Gasteiger partial charge in [0.1, 0.15) is 17.8 Å². The average molecular weight is 560 g/mol. The molecule has 1 aliphatic rings. The minimum absolute atomic E-state index is 0.00389. The number of piperazine rings is 1. The summed E-state index contributed by atoms with van der Waals surface area (Å²) in [5.74, 6) is 1.54. The van der Waals surface area contributed by atoms with Crippen molar-refractivity contribution in [3.63, 3.8) is 0 Å². The van der Waals surface area contributed by atoms with Gasteiger partial charge >= 0.3 is 6.09 Å². The standard InChI is InChI=1S/C32H37N3O6/c1-39-29-11-7-25(8-12-29)15-20-41-32(38)34-18-16-33(17-19-34)23-31(37)35(21-26-3-5-28(24-36)6-4-26)22-27-9-13-30(40-2)14-10-27/h3-14,24H,15-23H2,1-2H3. The van der Waals surface area contributed by atoms with Crippen LogP contribution in [0.5, 0.6) is 11.5 Å². The van der Waals surface area contributed by atoms with E-state index in [1.807, 2.05) is 65.6 Å². The third kappa shape index (κ3) is 8.81. The Balaban J connectivity index is 1.28. The number of ether oxygens (including phenoxy) is 3. The minimum Gasteiger partial charge on any atom is -0.497 e. The Kier molecular flexibility index (Phi) is 10.7. The lowest BCUT2D eigenvalue weighted by molar-refractivity contribution is -0.134. The number of amides is 2. The number of hydrogen-bond acceptors (Lipinski definition) is 7. The number of nitrogens with zero attached hydrogens (tertiary/aromatic N) is 3. The molecule has 9 nitrogen and oxygen atoms in total. The Bertz CT molecular complexity index is 1270. The molecular formula is C32H37N3O6. The van der Waals surface area contributed by atoms with E-state index in [4.69, 9.17) is 14.2 Å². The van der Waals surface area contributed by atoms with Crippen molar-refractivity contribution >= 4 is 18.3 Å². The number of hydrogen-bond donors (Lipinski definition) is 0. The summed E-state index contributed by atoms with van der Waals surface area (Å²) in [4.78, 5) is 42.7. The van der Waals surface area contributed by atoms with Crippen LogP contribution in [0.25, 0.3) is 0 Å². The Hall–Kier alpha value is -4.37. The van der Waals surface area contributed by atoms with Gasteiger partial charge in [0.05, 0.1) is 27.4 Å². The second kappa shape index (κ2) is 14.9. The molecule has 2 amide bonds. The van der Waals surface area contributed by atoms with Crippen molar-refractivity contribution in [2.24, 2.45) is 0 Å². The van der Waals surface area contributed by atoms with Crippen LogP contribution in [0.2, 0.25) is 0 Å². The third-order valence-electron chi connectivity index (χ3n) is 7.14. The van der Waals surface area contributed by atoms with Crippen molar-refractivity contribution in [2.75, 3.05) is 53.6 Å². The van der Waals surface area contributed by atoms with Gasteiger partial charge in [0.25, 0.3) is 0 Å². The minimum atomic E-state index is -0.329. The van der Waals surface area contributed by atoms with E-state index in [-0.39, 0.29) is 18.5 Å². The fourth-order valence-electron chi connectivity index (χ4n) is 4.63. The second-order valence-electron chi connectivity index (χ2n) is 9.93. The summed E-state index contributed by atoms with van der Waals surface area (Å²) >= 11 is 0. The van der Waals surface area contributed by atoms with Crippen molar-refractivity contribution in [1.82, 2.24) is 14.7 Å². The lowest BCUT2D eigenvalue weighted by atomic mass is 10.1. The van der Waals surface area contributed by atoms with Crippen LogP contribution in [0.3, 0.4) is 0 Å². The molecule has 41 heavy (non-hydrogen) atoms. The van der Waals surface area contributed by atoms with Gasteiger partial charge in [-0.3, -0.25) is 14.5 Å². The number of methoxy groups -OCH3 is 2. The summed E-state index contributed by atoms with van der Waals surface area (Å²) in [7, 11) is 3.25. The zero-order valence-electron chi connectivity index (χ0n) is 23.7. The summed E-state index contributed by atoms with van der Waals surface area (Å²) < 4.78 is 15.9. The van der Waals surface area contributed by atoms with E-state index in [9.17, 15) is 14.4 Å². The predicted molar refractivity (Wildman–Crippen MR) is 155 cm³/mol. The molecule has 0 radical (unpaired) electrons. The number of rotatable bonds is 12. The fraction of sp³-hybridized carbons (Fsp3) is 0.344. The zero-order chi connectivity index (χ0) is 29.0. The van der Waals surface area contributed by atoms with Gasteiger partial charge in [-0.05, 0) is 41.0 Å². The highest BCUT2D eigenvalue weighted by atomic mass is 16.6. The van der Waals surface area contributed by atoms with Crippen LogP contribution >= 0.6 is 0 Å². The van der Waals surface area contributed by atoms with Crippen LogP contribution in [0.4, 0.5) is 4.79 Å². The monoisotopic (exact) mass is 559 g/mol. The lowest BCUT2D eigenvalue weighted by Crippen LogP contribution is -2.51. The highest BCUT2D eigenvalue weighted by Crippen LogP contribution is 2.17. The molecule has 0 bridgehead atoms. The van der Waals surface area contributed by atoms with Crippen LogP contribution in [-0.2, 0) is 29.0 Å². The largest absolute Gasteiger partial charge is 0.497 e. The van der Waals surface area contributed by atoms with Crippen LogP contribution < -0.4 is 9.47 Å². The Labute approximate surface area is 241 Å². The normalized spacial score (nSPS) is 13.4. The highest BCUT2D eigenvalue weighted by molar-refractivity contribution is 5.78. The maximum atomic E-state index is 13.5. The first-order valence-corrected chi connectivity index (χ1v) is 13.7. The molecule has 1 saturated heterocycles. The molecule has 0 atom stereocenters. The lowest BCUT2D eigenvalue weighted by Gasteiger charge is -2.35. The molecule has 0 aromatic heterocycles. The number of carbonyl (C=O) groups excluding carboxylic acids is 3. The predicted octanol–water partition coefficient (Wildman–Crippen LogP) is 4.04. The van der Waals surface area contributed by atoms with Crippen LogP contribution in [0.15, 0.2) is 72.8 Å². The van der Waals surface area contributed by atoms with Gasteiger partial charge in [-0.1, -0.05) is 48.5 Å². The molecule has 216 valence electrons. The summed E-state index contributed by atoms with van der Waals surface area (Å²) in [5.41, 5.74) is 3.60. The van der Waals surface area contributed by atoms with Gasteiger partial charge < -0.3 is 24.0 Å². The maximum Gasteiger partial charge on any atom is 0.409 e. The fourth-order valence-corrected chi connectivity index (χ4v) is 4.63. The average Bonchev–Trinajstić information content (AvgIpc) is 3.02. The van der Waals surface area contributed by atoms with Crippen LogP contribution in [0, 0.1) is 0 Å². The van der Waals surface area contributed by atoms with Crippen molar-refractivity contribution < 1.29 is 28.6 Å². The molecule has 0 aliphatic carbocycles. The van der Waals surface area contributed by atoms with Crippen molar-refractivity contribution in [3.05, 3.63) is 95.1 Å². The summed E-state index contributed by atoms with van der Waals surface area (Å²) in [6.07, 6.45) is 1.11. The molecule has 0 spiro atoms. The highest BCUT2D eigenvalue weighted by Gasteiger charge is 2.25. The number of aldehydes is 1. The maximum absolute atomic E-state index is 13.5. The molecular weight excluding hydrogens is 522 g/mol. The Morgan fingerprint density at radius 2 is 1.27 bits per heavy atom. The Morgan fingerprint density at radius 1 is 0.756 bits per heavy atom. The summed E-state index contributed by atoms with van der Waals surface area (Å²) in [6.45, 7) is 3.60. The van der Waals surface area contributed by atoms with Gasteiger partial charge in [-0.2, -0.15) is 0 Å². The van der Waals surface area contributed by atoms with E-state index in [2.05, 4.69) is 4.90 Å². The summed E-state index contributed by atoms with van der Waals surface area (Å²) in [5, 5.41) is 0. The third-order valence-corrected chi connectivity index (χ3v) is 7.14. The first-order valence-electron chi connectivity index (χ1n) is 13.7.